The molecule has 1 aromatic rings. The molecular formula is C10H6N2O. The van der Waals surface area contributed by atoms with Gasteiger partial charge >= 0.3 is 0 Å². The van der Waals surface area contributed by atoms with Crippen LogP contribution in [0.15, 0.2) is 41.0 Å². The third kappa shape index (κ3) is 2.74. The molecule has 0 saturated heterocycles. The van der Waals surface area contributed by atoms with Gasteiger partial charge in [-0.3, -0.25) is 0 Å². The van der Waals surface area contributed by atoms with E-state index >= 15 is 0 Å². The van der Waals surface area contributed by atoms with Gasteiger partial charge in [-0.2, -0.15) is 10.3 Å². The van der Waals surface area contributed by atoms with Crippen LogP contribution >= 0.6 is 0 Å². The normalized spacial score (nSPS) is 9.92. The van der Waals surface area contributed by atoms with Crippen molar-refractivity contribution >= 4 is 12.2 Å². The van der Waals surface area contributed by atoms with E-state index in [9.17, 15) is 4.79 Å². The molecule has 0 saturated carbocycles. The lowest BCUT2D eigenvalue weighted by atomic mass is 10.2. The van der Waals surface area contributed by atoms with Crippen LogP contribution in [0.2, 0.25) is 0 Å². The number of hydrogen-bond donors (Lipinski definition) is 0. The molecule has 0 fully saturated rings. The summed E-state index contributed by atoms with van der Waals surface area (Å²) in [6.07, 6.45) is 2.84. The lowest BCUT2D eigenvalue weighted by Crippen LogP contribution is -1.74. The Kier molecular flexibility index (Phi) is 3.20. The summed E-state index contributed by atoms with van der Waals surface area (Å²) in [6.45, 7) is 0. The summed E-state index contributed by atoms with van der Waals surface area (Å²) >= 11 is 0. The summed E-state index contributed by atoms with van der Waals surface area (Å²) in [5.74, 6) is 0. The molecule has 0 aliphatic carbocycles. The van der Waals surface area contributed by atoms with Gasteiger partial charge in [0.05, 0.1) is 0 Å². The molecule has 0 aliphatic heterocycles. The summed E-state index contributed by atoms with van der Waals surface area (Å²) in [4.78, 5) is 13.1. The summed E-state index contributed by atoms with van der Waals surface area (Å²) in [6, 6.07) is 11.0. The van der Waals surface area contributed by atoms with Gasteiger partial charge in [-0.05, 0) is 11.6 Å². The van der Waals surface area contributed by atoms with Crippen LogP contribution in [0.4, 0.5) is 0 Å². The second-order valence-electron chi connectivity index (χ2n) is 2.26. The number of carbonyl (C=O) groups excluding carboxylic acids is 1. The SMILES string of the molecule is N#C/C(=C\c1ccccc1)N=C=O. The van der Waals surface area contributed by atoms with Gasteiger partial charge in [-0.25, -0.2) is 4.79 Å². The zero-order valence-electron chi connectivity index (χ0n) is 6.77. The number of allylic oxidation sites excluding steroid dienone is 1. The van der Waals surface area contributed by atoms with Crippen LogP contribution in [0.3, 0.4) is 0 Å². The van der Waals surface area contributed by atoms with Crippen molar-refractivity contribution in [3.8, 4) is 6.07 Å². The van der Waals surface area contributed by atoms with Gasteiger partial charge in [-0.15, -0.1) is 0 Å². The van der Waals surface area contributed by atoms with Gasteiger partial charge in [0, 0.05) is 0 Å². The first-order valence-electron chi connectivity index (χ1n) is 3.61. The van der Waals surface area contributed by atoms with Gasteiger partial charge in [0.15, 0.2) is 5.70 Å². The number of isocyanates is 1. The second-order valence-corrected chi connectivity index (χ2v) is 2.26. The molecule has 0 unspecified atom stereocenters. The summed E-state index contributed by atoms with van der Waals surface area (Å²) in [5.41, 5.74) is 0.888. The predicted octanol–water partition coefficient (Wildman–Crippen LogP) is 1.89. The zero-order chi connectivity index (χ0) is 9.52. The van der Waals surface area contributed by atoms with Crippen molar-refractivity contribution < 1.29 is 4.79 Å². The molecule has 1 aromatic carbocycles. The minimum absolute atomic E-state index is 0.0567. The Morgan fingerprint density at radius 2 is 2.08 bits per heavy atom. The lowest BCUT2D eigenvalue weighted by molar-refractivity contribution is 0.565. The van der Waals surface area contributed by atoms with E-state index < -0.39 is 0 Å². The molecule has 3 heteroatoms. The fourth-order valence-corrected chi connectivity index (χ4v) is 0.846. The fourth-order valence-electron chi connectivity index (χ4n) is 0.846. The van der Waals surface area contributed by atoms with E-state index in [0.29, 0.717) is 0 Å². The van der Waals surface area contributed by atoms with Crippen LogP contribution < -0.4 is 0 Å². The van der Waals surface area contributed by atoms with Crippen molar-refractivity contribution in [1.82, 2.24) is 0 Å². The Hall–Kier alpha value is -2.17. The van der Waals surface area contributed by atoms with Gasteiger partial charge < -0.3 is 0 Å². The van der Waals surface area contributed by atoms with Crippen molar-refractivity contribution in [3.63, 3.8) is 0 Å². The van der Waals surface area contributed by atoms with E-state index in [4.69, 9.17) is 5.26 Å². The molecule has 0 radical (unpaired) electrons. The number of hydrogen-bond acceptors (Lipinski definition) is 3. The van der Waals surface area contributed by atoms with E-state index in [1.165, 1.54) is 12.2 Å². The quantitative estimate of drug-likeness (QED) is 0.386. The smallest absolute Gasteiger partial charge is 0.211 e. The maximum atomic E-state index is 9.88. The van der Waals surface area contributed by atoms with Gasteiger partial charge in [0.2, 0.25) is 6.08 Å². The van der Waals surface area contributed by atoms with E-state index in [1.54, 1.807) is 6.07 Å². The third-order valence-electron chi connectivity index (χ3n) is 1.38. The molecule has 1 rings (SSSR count). The van der Waals surface area contributed by atoms with Crippen LogP contribution in [0, 0.1) is 11.3 Å². The zero-order valence-corrected chi connectivity index (χ0v) is 6.77. The van der Waals surface area contributed by atoms with Gasteiger partial charge in [0.1, 0.15) is 6.07 Å². The van der Waals surface area contributed by atoms with Crippen molar-refractivity contribution in [2.45, 2.75) is 0 Å². The van der Waals surface area contributed by atoms with E-state index in [1.807, 2.05) is 30.3 Å². The average molecular weight is 170 g/mol. The summed E-state index contributed by atoms with van der Waals surface area (Å²) < 4.78 is 0. The summed E-state index contributed by atoms with van der Waals surface area (Å²) in [7, 11) is 0. The molecule has 0 atom stereocenters. The highest BCUT2D eigenvalue weighted by atomic mass is 16.1. The van der Waals surface area contributed by atoms with Crippen molar-refractivity contribution in [3.05, 3.63) is 41.6 Å². The molecule has 0 heterocycles. The molecule has 13 heavy (non-hydrogen) atoms. The first kappa shape index (κ1) is 8.92. The summed E-state index contributed by atoms with van der Waals surface area (Å²) in [5, 5.41) is 8.53. The van der Waals surface area contributed by atoms with Crippen molar-refractivity contribution in [1.29, 1.82) is 5.26 Å². The Labute approximate surface area is 75.7 Å². The highest BCUT2D eigenvalue weighted by molar-refractivity contribution is 5.58. The fraction of sp³-hybridized carbons (Fsp3) is 0. The Bertz CT molecular complexity index is 395. The number of nitrogens with zero attached hydrogens (tertiary/aromatic N) is 2. The molecule has 0 N–H and O–H groups in total. The van der Waals surface area contributed by atoms with E-state index in [-0.39, 0.29) is 5.70 Å². The van der Waals surface area contributed by atoms with Gasteiger partial charge in [0.25, 0.3) is 0 Å². The molecule has 0 spiro atoms. The molecule has 0 bridgehead atoms. The first-order valence-corrected chi connectivity index (χ1v) is 3.61. The topological polar surface area (TPSA) is 53.2 Å². The van der Waals surface area contributed by atoms with Gasteiger partial charge in [-0.1, -0.05) is 30.3 Å². The maximum Gasteiger partial charge on any atom is 0.241 e. The van der Waals surface area contributed by atoms with Crippen LogP contribution in [0.1, 0.15) is 5.56 Å². The monoisotopic (exact) mass is 170 g/mol. The molecule has 0 aromatic heterocycles. The average Bonchev–Trinajstić information content (AvgIpc) is 2.19. The van der Waals surface area contributed by atoms with Crippen LogP contribution in [-0.4, -0.2) is 6.08 Å². The molecule has 3 nitrogen and oxygen atoms in total. The third-order valence-corrected chi connectivity index (χ3v) is 1.38. The Balaban J connectivity index is 3.00. The highest BCUT2D eigenvalue weighted by Gasteiger charge is 1.91. The predicted molar refractivity (Wildman–Crippen MR) is 48.2 cm³/mol. The first-order chi connectivity index (χ1) is 6.36. The number of aliphatic imine (C=N–C) groups is 1. The molecular weight excluding hydrogens is 164 g/mol. The molecule has 0 amide bonds. The Morgan fingerprint density at radius 1 is 1.38 bits per heavy atom. The molecule has 62 valence electrons. The number of rotatable bonds is 2. The standard InChI is InChI=1S/C10H6N2O/c11-7-10(12-8-13)6-9-4-2-1-3-5-9/h1-6H/b10-6+. The highest BCUT2D eigenvalue weighted by Crippen LogP contribution is 2.05. The minimum Gasteiger partial charge on any atom is -0.211 e. The van der Waals surface area contributed by atoms with Crippen LogP contribution in [0.25, 0.3) is 6.08 Å². The maximum absolute atomic E-state index is 9.88. The minimum atomic E-state index is 0.0567. The number of nitriles is 1. The number of benzene rings is 1. The van der Waals surface area contributed by atoms with Crippen LogP contribution in [-0.2, 0) is 4.79 Å². The molecule has 0 aliphatic rings. The Morgan fingerprint density at radius 3 is 2.62 bits per heavy atom. The lowest BCUT2D eigenvalue weighted by Gasteiger charge is -1.89. The van der Waals surface area contributed by atoms with Crippen LogP contribution in [0.5, 0.6) is 0 Å². The largest absolute Gasteiger partial charge is 0.241 e. The van der Waals surface area contributed by atoms with Crippen molar-refractivity contribution in [2.75, 3.05) is 0 Å². The van der Waals surface area contributed by atoms with E-state index in [0.717, 1.165) is 5.56 Å². The van der Waals surface area contributed by atoms with E-state index in [2.05, 4.69) is 4.99 Å². The second kappa shape index (κ2) is 4.66. The van der Waals surface area contributed by atoms with Crippen molar-refractivity contribution in [2.24, 2.45) is 4.99 Å².